The van der Waals surface area contributed by atoms with Crippen LogP contribution in [0, 0.1) is 0 Å². The quantitative estimate of drug-likeness (QED) is 0.890. The molecule has 0 saturated heterocycles. The molecule has 2 N–H and O–H groups in total. The molecule has 0 spiro atoms. The van der Waals surface area contributed by atoms with Crippen LogP contribution < -0.4 is 10.0 Å². The standard InChI is InChI=1S/C13H14ClN3O2S/c1-20(18,19)17-11-4-5-12(14)13(7-11)16-9-10-3-2-6-15-8-10/h2-8,16-17H,9H2,1H3. The molecule has 0 amide bonds. The van der Waals surface area contributed by atoms with Crippen LogP contribution in [0.5, 0.6) is 0 Å². The lowest BCUT2D eigenvalue weighted by Gasteiger charge is -2.11. The van der Waals surface area contributed by atoms with E-state index in [0.717, 1.165) is 11.8 Å². The maximum atomic E-state index is 11.2. The van der Waals surface area contributed by atoms with Gasteiger partial charge in [0.2, 0.25) is 10.0 Å². The third-order valence-corrected chi connectivity index (χ3v) is 3.41. The Kier molecular flexibility index (Phi) is 4.46. The van der Waals surface area contributed by atoms with Gasteiger partial charge in [-0.2, -0.15) is 0 Å². The van der Waals surface area contributed by atoms with Crippen LogP contribution in [0.15, 0.2) is 42.7 Å². The van der Waals surface area contributed by atoms with Gasteiger partial charge in [-0.1, -0.05) is 17.7 Å². The van der Waals surface area contributed by atoms with Crippen LogP contribution in [0.1, 0.15) is 5.56 Å². The average molecular weight is 312 g/mol. The van der Waals surface area contributed by atoms with E-state index >= 15 is 0 Å². The molecule has 0 fully saturated rings. The highest BCUT2D eigenvalue weighted by Gasteiger charge is 2.06. The van der Waals surface area contributed by atoms with Crippen molar-refractivity contribution in [1.82, 2.24) is 4.98 Å². The van der Waals surface area contributed by atoms with Crippen LogP contribution >= 0.6 is 11.6 Å². The fraction of sp³-hybridized carbons (Fsp3) is 0.154. The van der Waals surface area contributed by atoms with E-state index in [2.05, 4.69) is 15.0 Å². The lowest BCUT2D eigenvalue weighted by atomic mass is 10.2. The Balaban J connectivity index is 2.13. The van der Waals surface area contributed by atoms with E-state index in [0.29, 0.717) is 22.9 Å². The maximum absolute atomic E-state index is 11.2. The molecule has 2 rings (SSSR count). The van der Waals surface area contributed by atoms with Gasteiger partial charge in [0.1, 0.15) is 0 Å². The van der Waals surface area contributed by atoms with Crippen molar-refractivity contribution >= 4 is 33.0 Å². The first-order valence-corrected chi connectivity index (χ1v) is 8.11. The van der Waals surface area contributed by atoms with E-state index in [9.17, 15) is 8.42 Å². The molecular weight excluding hydrogens is 298 g/mol. The highest BCUT2D eigenvalue weighted by atomic mass is 35.5. The Morgan fingerprint density at radius 2 is 2.10 bits per heavy atom. The number of sulfonamides is 1. The summed E-state index contributed by atoms with van der Waals surface area (Å²) in [6, 6.07) is 8.69. The van der Waals surface area contributed by atoms with Gasteiger partial charge in [0.15, 0.2) is 0 Å². The predicted molar refractivity (Wildman–Crippen MR) is 81.5 cm³/mol. The lowest BCUT2D eigenvalue weighted by molar-refractivity contribution is 0.607. The van der Waals surface area contributed by atoms with Gasteiger partial charge in [-0.25, -0.2) is 8.42 Å². The van der Waals surface area contributed by atoms with Crippen LogP contribution in [-0.2, 0) is 16.6 Å². The molecule has 5 nitrogen and oxygen atoms in total. The fourth-order valence-corrected chi connectivity index (χ4v) is 2.38. The molecule has 1 aromatic carbocycles. The zero-order valence-electron chi connectivity index (χ0n) is 10.8. The first kappa shape index (κ1) is 14.6. The Bertz CT molecular complexity index is 690. The normalized spacial score (nSPS) is 11.1. The van der Waals surface area contributed by atoms with Gasteiger partial charge in [-0.05, 0) is 29.8 Å². The van der Waals surface area contributed by atoms with Crippen LogP contribution in [-0.4, -0.2) is 19.7 Å². The van der Waals surface area contributed by atoms with Crippen molar-refractivity contribution in [2.45, 2.75) is 6.54 Å². The van der Waals surface area contributed by atoms with E-state index in [1.165, 1.54) is 0 Å². The van der Waals surface area contributed by atoms with Crippen molar-refractivity contribution in [3.63, 3.8) is 0 Å². The number of rotatable bonds is 5. The Morgan fingerprint density at radius 3 is 2.75 bits per heavy atom. The summed E-state index contributed by atoms with van der Waals surface area (Å²) in [5.41, 5.74) is 2.12. The molecule has 7 heteroatoms. The van der Waals surface area contributed by atoms with E-state index in [1.807, 2.05) is 12.1 Å². The summed E-state index contributed by atoms with van der Waals surface area (Å²) < 4.78 is 24.8. The van der Waals surface area contributed by atoms with E-state index in [-0.39, 0.29) is 0 Å². The first-order chi connectivity index (χ1) is 9.44. The average Bonchev–Trinajstić information content (AvgIpc) is 2.39. The number of halogens is 1. The van der Waals surface area contributed by atoms with E-state index in [1.54, 1.807) is 30.6 Å². The SMILES string of the molecule is CS(=O)(=O)Nc1ccc(Cl)c(NCc2cccnc2)c1. The van der Waals surface area contributed by atoms with Gasteiger partial charge in [-0.15, -0.1) is 0 Å². The summed E-state index contributed by atoms with van der Waals surface area (Å²) >= 11 is 6.08. The summed E-state index contributed by atoms with van der Waals surface area (Å²) in [7, 11) is -3.30. The topological polar surface area (TPSA) is 71.1 Å². The first-order valence-electron chi connectivity index (χ1n) is 5.84. The summed E-state index contributed by atoms with van der Waals surface area (Å²) in [6.45, 7) is 0.551. The second-order valence-electron chi connectivity index (χ2n) is 4.28. The molecular formula is C13H14ClN3O2S. The number of benzene rings is 1. The Morgan fingerprint density at radius 1 is 1.30 bits per heavy atom. The largest absolute Gasteiger partial charge is 0.380 e. The number of nitrogens with zero attached hydrogens (tertiary/aromatic N) is 1. The molecule has 20 heavy (non-hydrogen) atoms. The lowest BCUT2D eigenvalue weighted by Crippen LogP contribution is -2.10. The number of anilines is 2. The molecule has 1 heterocycles. The van der Waals surface area contributed by atoms with Crippen LogP contribution in [0.25, 0.3) is 0 Å². The number of pyridine rings is 1. The van der Waals surface area contributed by atoms with Crippen LogP contribution in [0.2, 0.25) is 5.02 Å². The van der Waals surface area contributed by atoms with Crippen LogP contribution in [0.4, 0.5) is 11.4 Å². The third kappa shape index (κ3) is 4.40. The van der Waals surface area contributed by atoms with E-state index < -0.39 is 10.0 Å². The number of hydrogen-bond acceptors (Lipinski definition) is 4. The predicted octanol–water partition coefficient (Wildman–Crippen LogP) is 2.72. The second-order valence-corrected chi connectivity index (χ2v) is 6.44. The minimum atomic E-state index is -3.30. The summed E-state index contributed by atoms with van der Waals surface area (Å²) in [4.78, 5) is 4.02. The van der Waals surface area contributed by atoms with Crippen molar-refractivity contribution in [2.24, 2.45) is 0 Å². The summed E-state index contributed by atoms with van der Waals surface area (Å²) in [5, 5.41) is 3.67. The fourth-order valence-electron chi connectivity index (χ4n) is 1.64. The highest BCUT2D eigenvalue weighted by Crippen LogP contribution is 2.26. The Labute approximate surface area is 123 Å². The van der Waals surface area contributed by atoms with Gasteiger partial charge in [-0.3, -0.25) is 9.71 Å². The monoisotopic (exact) mass is 311 g/mol. The summed E-state index contributed by atoms with van der Waals surface area (Å²) in [5.74, 6) is 0. The number of nitrogens with one attached hydrogen (secondary N) is 2. The maximum Gasteiger partial charge on any atom is 0.229 e. The van der Waals surface area contributed by atoms with Gasteiger partial charge >= 0.3 is 0 Å². The van der Waals surface area contributed by atoms with Crippen molar-refractivity contribution < 1.29 is 8.42 Å². The van der Waals surface area contributed by atoms with Crippen LogP contribution in [0.3, 0.4) is 0 Å². The number of aromatic nitrogens is 1. The second kappa shape index (κ2) is 6.11. The molecule has 0 unspecified atom stereocenters. The molecule has 0 aliphatic rings. The van der Waals surface area contributed by atoms with E-state index in [4.69, 9.17) is 11.6 Å². The molecule has 0 bridgehead atoms. The van der Waals surface area contributed by atoms with Crippen molar-refractivity contribution in [1.29, 1.82) is 0 Å². The molecule has 1 aromatic heterocycles. The molecule has 2 aromatic rings. The summed E-state index contributed by atoms with van der Waals surface area (Å²) in [6.07, 6.45) is 4.55. The number of hydrogen-bond donors (Lipinski definition) is 2. The smallest absolute Gasteiger partial charge is 0.229 e. The van der Waals surface area contributed by atoms with Gasteiger partial charge in [0, 0.05) is 18.9 Å². The third-order valence-electron chi connectivity index (χ3n) is 2.48. The Hall–Kier alpha value is -1.79. The van der Waals surface area contributed by atoms with Crippen molar-refractivity contribution in [3.8, 4) is 0 Å². The zero-order valence-corrected chi connectivity index (χ0v) is 12.4. The van der Waals surface area contributed by atoms with Crippen molar-refractivity contribution in [3.05, 3.63) is 53.3 Å². The molecule has 0 saturated carbocycles. The molecule has 0 aliphatic carbocycles. The van der Waals surface area contributed by atoms with Crippen molar-refractivity contribution in [2.75, 3.05) is 16.3 Å². The minimum Gasteiger partial charge on any atom is -0.380 e. The highest BCUT2D eigenvalue weighted by molar-refractivity contribution is 7.92. The minimum absolute atomic E-state index is 0.464. The molecule has 106 valence electrons. The zero-order chi connectivity index (χ0) is 14.6. The molecule has 0 atom stereocenters. The molecule has 0 aliphatic heterocycles. The molecule has 0 radical (unpaired) electrons. The van der Waals surface area contributed by atoms with Gasteiger partial charge in [0.25, 0.3) is 0 Å². The van der Waals surface area contributed by atoms with Gasteiger partial charge in [0.05, 0.1) is 22.7 Å². The van der Waals surface area contributed by atoms with Gasteiger partial charge < -0.3 is 5.32 Å².